The van der Waals surface area contributed by atoms with Crippen molar-refractivity contribution in [2.75, 3.05) is 0 Å². The van der Waals surface area contributed by atoms with Crippen LogP contribution in [0.1, 0.15) is 30.6 Å². The van der Waals surface area contributed by atoms with Gasteiger partial charge in [-0.25, -0.2) is 0 Å². The molecule has 0 saturated carbocycles. The van der Waals surface area contributed by atoms with E-state index >= 15 is 0 Å². The highest BCUT2D eigenvalue weighted by Crippen LogP contribution is 2.52. The smallest absolute Gasteiger partial charge is 0.110 e. The summed E-state index contributed by atoms with van der Waals surface area (Å²) in [5, 5.41) is 10.1. The third-order valence-electron chi connectivity index (χ3n) is 3.03. The van der Waals surface area contributed by atoms with Crippen molar-refractivity contribution in [2.45, 2.75) is 31.2 Å². The Kier molecular flexibility index (Phi) is 1.24. The third kappa shape index (κ3) is 0.960. The van der Waals surface area contributed by atoms with E-state index in [-0.39, 0.29) is 12.2 Å². The minimum Gasteiger partial charge on any atom is -0.385 e. The van der Waals surface area contributed by atoms with Crippen molar-refractivity contribution >= 4 is 0 Å². The third-order valence-corrected chi connectivity index (χ3v) is 3.03. The molecule has 1 saturated heterocycles. The van der Waals surface area contributed by atoms with Crippen molar-refractivity contribution in [2.24, 2.45) is 0 Å². The van der Waals surface area contributed by atoms with Crippen LogP contribution >= 0.6 is 0 Å². The van der Waals surface area contributed by atoms with Gasteiger partial charge in [0.05, 0.1) is 11.7 Å². The molecule has 1 fully saturated rings. The van der Waals surface area contributed by atoms with Gasteiger partial charge < -0.3 is 9.84 Å². The largest absolute Gasteiger partial charge is 0.385 e. The Hall–Kier alpha value is -0.860. The van der Waals surface area contributed by atoms with Gasteiger partial charge in [-0.05, 0) is 18.1 Å². The first-order chi connectivity index (χ1) is 6.18. The van der Waals surface area contributed by atoms with Crippen LogP contribution in [0.15, 0.2) is 24.3 Å². The quantitative estimate of drug-likeness (QED) is 0.611. The van der Waals surface area contributed by atoms with Crippen LogP contribution in [0.2, 0.25) is 0 Å². The molecule has 2 aliphatic rings. The molecule has 0 aromatic heterocycles. The number of fused-ring (bicyclic) bond motifs is 3. The van der Waals surface area contributed by atoms with E-state index in [0.29, 0.717) is 0 Å². The molecular formula is C11H12O2. The molecule has 1 aromatic rings. The fourth-order valence-electron chi connectivity index (χ4n) is 2.31. The highest BCUT2D eigenvalue weighted by atomic mass is 16.6. The normalized spacial score (nSPS) is 40.8. The Labute approximate surface area is 77.2 Å². The summed E-state index contributed by atoms with van der Waals surface area (Å²) >= 11 is 0. The number of hydrogen-bond acceptors (Lipinski definition) is 2. The van der Waals surface area contributed by atoms with Gasteiger partial charge in [0.1, 0.15) is 6.10 Å². The van der Waals surface area contributed by atoms with E-state index in [9.17, 15) is 5.11 Å². The van der Waals surface area contributed by atoms with E-state index in [1.165, 1.54) is 5.56 Å². The Morgan fingerprint density at radius 2 is 2.23 bits per heavy atom. The van der Waals surface area contributed by atoms with Crippen LogP contribution in [0.4, 0.5) is 0 Å². The molecule has 0 amide bonds. The molecule has 1 N–H and O–H groups in total. The summed E-state index contributed by atoms with van der Waals surface area (Å²) < 4.78 is 5.48. The highest BCUT2D eigenvalue weighted by Gasteiger charge is 2.51. The number of ether oxygens (including phenoxy) is 1. The minimum absolute atomic E-state index is 0.255. The lowest BCUT2D eigenvalue weighted by atomic mass is 9.80. The maximum atomic E-state index is 10.1. The molecule has 1 heterocycles. The molecule has 1 aliphatic heterocycles. The molecule has 2 nitrogen and oxygen atoms in total. The molecular weight excluding hydrogens is 164 g/mol. The summed E-state index contributed by atoms with van der Waals surface area (Å²) in [5.41, 5.74) is 1.51. The molecule has 2 heteroatoms. The predicted octanol–water partition coefficient (Wildman–Crippen LogP) is 1.74. The van der Waals surface area contributed by atoms with Crippen LogP contribution in [0, 0.1) is 0 Å². The predicted molar refractivity (Wildman–Crippen MR) is 48.2 cm³/mol. The number of benzene rings is 1. The molecule has 0 bridgehead atoms. The van der Waals surface area contributed by atoms with Crippen LogP contribution < -0.4 is 0 Å². The topological polar surface area (TPSA) is 32.8 Å². The van der Waals surface area contributed by atoms with E-state index in [0.717, 1.165) is 12.0 Å². The van der Waals surface area contributed by atoms with Crippen molar-refractivity contribution < 1.29 is 9.84 Å². The van der Waals surface area contributed by atoms with Crippen molar-refractivity contribution in [3.63, 3.8) is 0 Å². The van der Waals surface area contributed by atoms with Crippen molar-refractivity contribution in [1.82, 2.24) is 0 Å². The zero-order chi connectivity index (χ0) is 9.05. The summed E-state index contributed by atoms with van der Waals surface area (Å²) in [6, 6.07) is 8.01. The fourth-order valence-corrected chi connectivity index (χ4v) is 2.31. The maximum Gasteiger partial charge on any atom is 0.110 e. The second kappa shape index (κ2) is 2.14. The van der Waals surface area contributed by atoms with Gasteiger partial charge in [-0.2, -0.15) is 0 Å². The number of rotatable bonds is 0. The highest BCUT2D eigenvalue weighted by molar-refractivity contribution is 5.39. The number of hydrogen-bond donors (Lipinski definition) is 1. The van der Waals surface area contributed by atoms with Crippen molar-refractivity contribution in [3.05, 3.63) is 35.4 Å². The lowest BCUT2D eigenvalue weighted by Crippen LogP contribution is -2.28. The summed E-state index contributed by atoms with van der Waals surface area (Å²) in [4.78, 5) is 0. The Balaban J connectivity index is 2.19. The molecule has 0 unspecified atom stereocenters. The number of aliphatic hydroxyl groups is 1. The van der Waals surface area contributed by atoms with Crippen LogP contribution in [0.25, 0.3) is 0 Å². The lowest BCUT2D eigenvalue weighted by molar-refractivity contribution is 0.0378. The summed E-state index contributed by atoms with van der Waals surface area (Å²) in [6.45, 7) is 1.86. The second-order valence-electron chi connectivity index (χ2n) is 4.16. The molecule has 1 aromatic carbocycles. The molecule has 3 rings (SSSR count). The zero-order valence-electron chi connectivity index (χ0n) is 7.53. The van der Waals surface area contributed by atoms with Crippen molar-refractivity contribution in [3.8, 4) is 0 Å². The molecule has 0 spiro atoms. The zero-order valence-corrected chi connectivity index (χ0v) is 7.53. The molecule has 13 heavy (non-hydrogen) atoms. The molecule has 68 valence electrons. The molecule has 0 radical (unpaired) electrons. The molecule has 3 atom stereocenters. The summed E-state index contributed by atoms with van der Waals surface area (Å²) in [7, 11) is 0. The van der Waals surface area contributed by atoms with Crippen LogP contribution in [-0.2, 0) is 10.3 Å². The first-order valence-electron chi connectivity index (χ1n) is 4.66. The average molecular weight is 176 g/mol. The maximum absolute atomic E-state index is 10.1. The Morgan fingerprint density at radius 3 is 3.08 bits per heavy atom. The van der Waals surface area contributed by atoms with Crippen LogP contribution in [-0.4, -0.2) is 11.2 Å². The molecule has 1 aliphatic carbocycles. The van der Waals surface area contributed by atoms with Gasteiger partial charge in [0, 0.05) is 6.42 Å². The van der Waals surface area contributed by atoms with Gasteiger partial charge in [0.15, 0.2) is 0 Å². The Bertz CT molecular complexity index is 357. The van der Waals surface area contributed by atoms with E-state index in [1.807, 2.05) is 31.2 Å². The van der Waals surface area contributed by atoms with E-state index in [4.69, 9.17) is 4.74 Å². The first-order valence-corrected chi connectivity index (χ1v) is 4.66. The van der Waals surface area contributed by atoms with Crippen LogP contribution in [0.5, 0.6) is 0 Å². The standard InChI is InChI=1S/C11H12O2/c1-11(12)6-9-10(13-9)7-4-2-3-5-8(7)11/h2-5,9-10,12H,6H2,1H3/t9-,10+,11+/m1/s1. The second-order valence-corrected chi connectivity index (χ2v) is 4.16. The lowest BCUT2D eigenvalue weighted by Gasteiger charge is -2.28. The first kappa shape index (κ1) is 7.54. The van der Waals surface area contributed by atoms with Gasteiger partial charge in [0.25, 0.3) is 0 Å². The average Bonchev–Trinajstić information content (AvgIpc) is 2.83. The van der Waals surface area contributed by atoms with Crippen LogP contribution in [0.3, 0.4) is 0 Å². The Morgan fingerprint density at radius 1 is 1.46 bits per heavy atom. The van der Waals surface area contributed by atoms with E-state index in [1.54, 1.807) is 0 Å². The summed E-state index contributed by atoms with van der Waals surface area (Å²) in [6.07, 6.45) is 1.25. The van der Waals surface area contributed by atoms with Gasteiger partial charge >= 0.3 is 0 Å². The van der Waals surface area contributed by atoms with Crippen molar-refractivity contribution in [1.29, 1.82) is 0 Å². The van der Waals surface area contributed by atoms with E-state index < -0.39 is 5.60 Å². The van der Waals surface area contributed by atoms with Gasteiger partial charge in [-0.15, -0.1) is 0 Å². The fraction of sp³-hybridized carbons (Fsp3) is 0.455. The number of epoxide rings is 1. The van der Waals surface area contributed by atoms with Gasteiger partial charge in [-0.3, -0.25) is 0 Å². The SMILES string of the molecule is C[C@]1(O)C[C@H]2O[C@H]2c2ccccc21. The monoisotopic (exact) mass is 176 g/mol. The van der Waals surface area contributed by atoms with E-state index in [2.05, 4.69) is 0 Å². The van der Waals surface area contributed by atoms with Gasteiger partial charge in [-0.1, -0.05) is 24.3 Å². The van der Waals surface area contributed by atoms with Gasteiger partial charge in [0.2, 0.25) is 0 Å². The minimum atomic E-state index is -0.700. The summed E-state index contributed by atoms with van der Waals surface area (Å²) in [5.74, 6) is 0.